The number of imide groups is 1. The molecule has 1 N–H and O–H groups in total. The van der Waals surface area contributed by atoms with Crippen LogP contribution in [0.3, 0.4) is 0 Å². The fourth-order valence-electron chi connectivity index (χ4n) is 3.39. The highest BCUT2D eigenvalue weighted by Crippen LogP contribution is 2.31. The van der Waals surface area contributed by atoms with Gasteiger partial charge in [-0.15, -0.1) is 0 Å². The lowest BCUT2D eigenvalue weighted by molar-refractivity contribution is -0.121. The molecule has 33 heavy (non-hydrogen) atoms. The molecule has 0 saturated carbocycles. The highest BCUT2D eigenvalue weighted by Gasteiger charge is 2.40. The SMILES string of the molecule is O=C1CC(SC(=NCCc2ccccc2)Nc2ccc(F)cc2)C(=O)N1c1ccc(F)cc1. The standard InChI is InChI=1S/C25H21F2N3O2S/c26-18-6-10-20(11-7-18)29-25(28-15-14-17-4-2-1-3-5-17)33-22-16-23(31)30(24(22)32)21-12-8-19(27)9-13-21/h1-13,22H,14-16H2,(H,28,29). The zero-order valence-corrected chi connectivity index (χ0v) is 18.4. The summed E-state index contributed by atoms with van der Waals surface area (Å²) in [5, 5.41) is 2.92. The molecule has 0 aromatic heterocycles. The van der Waals surface area contributed by atoms with Crippen molar-refractivity contribution in [2.24, 2.45) is 4.99 Å². The molecule has 1 aliphatic heterocycles. The molecule has 0 radical (unpaired) electrons. The van der Waals surface area contributed by atoms with Crippen LogP contribution in [0.2, 0.25) is 0 Å². The minimum atomic E-state index is -0.675. The number of nitrogens with one attached hydrogen (secondary N) is 1. The molecule has 1 unspecified atom stereocenters. The van der Waals surface area contributed by atoms with Gasteiger partial charge in [0.2, 0.25) is 11.8 Å². The molecule has 0 spiro atoms. The number of halogens is 2. The molecule has 168 valence electrons. The van der Waals surface area contributed by atoms with Gasteiger partial charge in [0.15, 0.2) is 5.17 Å². The average Bonchev–Trinajstić information content (AvgIpc) is 3.09. The summed E-state index contributed by atoms with van der Waals surface area (Å²) in [7, 11) is 0. The van der Waals surface area contributed by atoms with Gasteiger partial charge in [-0.1, -0.05) is 42.1 Å². The molecule has 4 rings (SSSR count). The van der Waals surface area contributed by atoms with Crippen LogP contribution in [0.15, 0.2) is 83.9 Å². The summed E-state index contributed by atoms with van der Waals surface area (Å²) in [5.41, 5.74) is 2.08. The Hall–Kier alpha value is -3.52. The number of hydrogen-bond donors (Lipinski definition) is 1. The number of amidine groups is 1. The van der Waals surface area contributed by atoms with Gasteiger partial charge in [0.25, 0.3) is 0 Å². The third-order valence-electron chi connectivity index (χ3n) is 5.04. The normalized spacial score (nSPS) is 16.4. The molecule has 3 aromatic carbocycles. The van der Waals surface area contributed by atoms with Gasteiger partial charge in [0.05, 0.1) is 5.69 Å². The Labute approximate surface area is 194 Å². The van der Waals surface area contributed by atoms with Gasteiger partial charge >= 0.3 is 0 Å². The number of carbonyl (C=O) groups is 2. The molecule has 0 aliphatic carbocycles. The van der Waals surface area contributed by atoms with Crippen LogP contribution in [0, 0.1) is 11.6 Å². The molecule has 1 fully saturated rings. The van der Waals surface area contributed by atoms with E-state index in [1.165, 1.54) is 36.4 Å². The van der Waals surface area contributed by atoms with Gasteiger partial charge in [0.1, 0.15) is 16.9 Å². The molecular weight excluding hydrogens is 444 g/mol. The number of anilines is 2. The summed E-state index contributed by atoms with van der Waals surface area (Å²) in [6.45, 7) is 0.469. The van der Waals surface area contributed by atoms with E-state index in [0.717, 1.165) is 22.2 Å². The van der Waals surface area contributed by atoms with E-state index in [1.54, 1.807) is 12.1 Å². The Morgan fingerprint density at radius 3 is 2.24 bits per heavy atom. The highest BCUT2D eigenvalue weighted by atomic mass is 32.2. The van der Waals surface area contributed by atoms with Crippen molar-refractivity contribution in [3.05, 3.63) is 96.1 Å². The fourth-order valence-corrected chi connectivity index (χ4v) is 4.43. The first-order chi connectivity index (χ1) is 16.0. The summed E-state index contributed by atoms with van der Waals surface area (Å²) >= 11 is 1.16. The van der Waals surface area contributed by atoms with Crippen molar-refractivity contribution in [3.8, 4) is 0 Å². The first kappa shape index (κ1) is 22.7. The molecule has 3 aromatic rings. The number of thioether (sulfide) groups is 1. The van der Waals surface area contributed by atoms with E-state index in [0.29, 0.717) is 29.5 Å². The maximum atomic E-state index is 13.3. The van der Waals surface area contributed by atoms with Crippen molar-refractivity contribution in [2.45, 2.75) is 18.1 Å². The van der Waals surface area contributed by atoms with Gasteiger partial charge in [-0.2, -0.15) is 0 Å². The maximum Gasteiger partial charge on any atom is 0.247 e. The van der Waals surface area contributed by atoms with E-state index in [9.17, 15) is 18.4 Å². The lowest BCUT2D eigenvalue weighted by atomic mass is 10.2. The number of amides is 2. The van der Waals surface area contributed by atoms with Crippen molar-refractivity contribution in [3.63, 3.8) is 0 Å². The van der Waals surface area contributed by atoms with E-state index in [2.05, 4.69) is 10.3 Å². The largest absolute Gasteiger partial charge is 0.335 e. The van der Waals surface area contributed by atoms with Gasteiger partial charge in [-0.3, -0.25) is 14.6 Å². The number of nitrogens with zero attached hydrogens (tertiary/aromatic N) is 2. The lowest BCUT2D eigenvalue weighted by Crippen LogP contribution is -2.31. The van der Waals surface area contributed by atoms with Crippen LogP contribution in [0.4, 0.5) is 20.2 Å². The van der Waals surface area contributed by atoms with Crippen LogP contribution in [0.5, 0.6) is 0 Å². The Balaban J connectivity index is 1.50. The minimum Gasteiger partial charge on any atom is -0.335 e. The van der Waals surface area contributed by atoms with Crippen molar-refractivity contribution in [2.75, 3.05) is 16.8 Å². The van der Waals surface area contributed by atoms with E-state index >= 15 is 0 Å². The number of aliphatic imine (C=N–C) groups is 1. The topological polar surface area (TPSA) is 61.8 Å². The Morgan fingerprint density at radius 2 is 1.58 bits per heavy atom. The summed E-state index contributed by atoms with van der Waals surface area (Å²) in [4.78, 5) is 31.2. The third kappa shape index (κ3) is 5.84. The summed E-state index contributed by atoms with van der Waals surface area (Å²) in [6.07, 6.45) is 0.707. The highest BCUT2D eigenvalue weighted by molar-refractivity contribution is 8.15. The Morgan fingerprint density at radius 1 is 0.939 bits per heavy atom. The Kier molecular flexibility index (Phi) is 7.14. The van der Waals surface area contributed by atoms with Crippen LogP contribution >= 0.6 is 11.8 Å². The zero-order chi connectivity index (χ0) is 23.2. The van der Waals surface area contributed by atoms with E-state index in [4.69, 9.17) is 0 Å². The number of hydrogen-bond acceptors (Lipinski definition) is 4. The quantitative estimate of drug-likeness (QED) is 0.315. The maximum absolute atomic E-state index is 13.3. The van der Waals surface area contributed by atoms with E-state index < -0.39 is 11.1 Å². The molecule has 1 aliphatic rings. The second-order valence-electron chi connectivity index (χ2n) is 7.41. The van der Waals surface area contributed by atoms with Gasteiger partial charge in [-0.05, 0) is 60.5 Å². The third-order valence-corrected chi connectivity index (χ3v) is 6.15. The summed E-state index contributed by atoms with van der Waals surface area (Å²) < 4.78 is 26.5. The molecule has 0 bridgehead atoms. The van der Waals surface area contributed by atoms with E-state index in [-0.39, 0.29) is 24.1 Å². The van der Waals surface area contributed by atoms with Crippen molar-refractivity contribution in [1.29, 1.82) is 0 Å². The van der Waals surface area contributed by atoms with Crippen molar-refractivity contribution >= 4 is 40.1 Å². The van der Waals surface area contributed by atoms with Crippen LogP contribution in [-0.4, -0.2) is 28.8 Å². The van der Waals surface area contributed by atoms with Crippen LogP contribution < -0.4 is 10.2 Å². The molecule has 1 atom stereocenters. The van der Waals surface area contributed by atoms with Gasteiger partial charge in [0, 0.05) is 18.7 Å². The average molecular weight is 466 g/mol. The number of rotatable bonds is 6. The first-order valence-corrected chi connectivity index (χ1v) is 11.3. The summed E-state index contributed by atoms with van der Waals surface area (Å²) in [6, 6.07) is 20.9. The second-order valence-corrected chi connectivity index (χ2v) is 8.60. The predicted molar refractivity (Wildman–Crippen MR) is 127 cm³/mol. The molecule has 8 heteroatoms. The van der Waals surface area contributed by atoms with Gasteiger partial charge < -0.3 is 5.32 Å². The number of benzene rings is 3. The minimum absolute atomic E-state index is 0.00365. The van der Waals surface area contributed by atoms with Crippen LogP contribution in [0.25, 0.3) is 0 Å². The second kappa shape index (κ2) is 10.4. The number of carbonyl (C=O) groups excluding carboxylic acids is 2. The van der Waals surface area contributed by atoms with Crippen molar-refractivity contribution < 1.29 is 18.4 Å². The molecule has 5 nitrogen and oxygen atoms in total. The fraction of sp³-hybridized carbons (Fsp3) is 0.160. The molecule has 1 saturated heterocycles. The summed E-state index contributed by atoms with van der Waals surface area (Å²) in [5.74, 6) is -1.54. The van der Waals surface area contributed by atoms with E-state index in [1.807, 2.05) is 30.3 Å². The van der Waals surface area contributed by atoms with Gasteiger partial charge in [-0.25, -0.2) is 13.7 Å². The monoisotopic (exact) mass is 465 g/mol. The van der Waals surface area contributed by atoms with Crippen LogP contribution in [-0.2, 0) is 16.0 Å². The molecule has 2 amide bonds. The smallest absolute Gasteiger partial charge is 0.247 e. The zero-order valence-electron chi connectivity index (χ0n) is 17.6. The molecular formula is C25H21F2N3O2S. The predicted octanol–water partition coefficient (Wildman–Crippen LogP) is 5.04. The first-order valence-electron chi connectivity index (χ1n) is 10.4. The molecule has 1 heterocycles. The van der Waals surface area contributed by atoms with Crippen LogP contribution in [0.1, 0.15) is 12.0 Å². The Bertz CT molecular complexity index is 1150. The lowest BCUT2D eigenvalue weighted by Gasteiger charge is -2.16. The van der Waals surface area contributed by atoms with Crippen molar-refractivity contribution in [1.82, 2.24) is 0 Å².